The average Bonchev–Trinajstić information content (AvgIpc) is 3.39. The Balaban J connectivity index is 1.23. The summed E-state index contributed by atoms with van der Waals surface area (Å²) in [5, 5.41) is 0. The van der Waals surface area contributed by atoms with Gasteiger partial charge in [-0.15, -0.1) is 0 Å². The van der Waals surface area contributed by atoms with Gasteiger partial charge in [-0.05, 0) is 56.3 Å². The first-order chi connectivity index (χ1) is 19.3. The average molecular weight is 546 g/mol. The van der Waals surface area contributed by atoms with Crippen molar-refractivity contribution in [1.29, 1.82) is 0 Å². The Morgan fingerprint density at radius 1 is 1.12 bits per heavy atom. The van der Waals surface area contributed by atoms with E-state index in [1.54, 1.807) is 14.2 Å². The fourth-order valence-electron chi connectivity index (χ4n) is 6.42. The van der Waals surface area contributed by atoms with Crippen molar-refractivity contribution in [3.8, 4) is 11.5 Å². The van der Waals surface area contributed by atoms with Crippen LogP contribution in [0.5, 0.6) is 11.5 Å². The molecule has 0 amide bonds. The number of carbonyl (C=O) groups excluding carboxylic acids is 1. The van der Waals surface area contributed by atoms with Crippen LogP contribution in [0.1, 0.15) is 57.3 Å². The zero-order valence-electron chi connectivity index (χ0n) is 24.5. The molecule has 7 heteroatoms. The summed E-state index contributed by atoms with van der Waals surface area (Å²) >= 11 is 0. The SMILES string of the molecule is COc1cc(OC)c2nc(CCCN(C)CC[C@]3(OC(=O)C(C)C)C[C@H]4CC[C@@H]3C=C4c3ccccc3)[nH]c2c1. The van der Waals surface area contributed by atoms with Gasteiger partial charge in [-0.2, -0.15) is 0 Å². The van der Waals surface area contributed by atoms with Crippen molar-refractivity contribution in [2.45, 2.75) is 58.0 Å². The predicted octanol–water partition coefficient (Wildman–Crippen LogP) is 6.29. The van der Waals surface area contributed by atoms with Crippen LogP contribution < -0.4 is 9.47 Å². The number of allylic oxidation sites excluding steroid dienone is 1. The number of nitrogens with zero attached hydrogens (tertiary/aromatic N) is 2. The number of fused-ring (bicyclic) bond motifs is 3. The van der Waals surface area contributed by atoms with E-state index >= 15 is 0 Å². The fraction of sp³-hybridized carbons (Fsp3) is 0.515. The summed E-state index contributed by atoms with van der Waals surface area (Å²) in [5.74, 6) is 2.87. The second-order valence-electron chi connectivity index (χ2n) is 11.8. The topological polar surface area (TPSA) is 76.7 Å². The van der Waals surface area contributed by atoms with Crippen LogP contribution in [0.3, 0.4) is 0 Å². The minimum absolute atomic E-state index is 0.0817. The van der Waals surface area contributed by atoms with Gasteiger partial charge in [0.15, 0.2) is 0 Å². The Morgan fingerprint density at radius 3 is 2.60 bits per heavy atom. The van der Waals surface area contributed by atoms with Crippen molar-refractivity contribution in [3.63, 3.8) is 0 Å². The highest BCUT2D eigenvalue weighted by Gasteiger charge is 2.50. The van der Waals surface area contributed by atoms with E-state index in [-0.39, 0.29) is 17.8 Å². The molecule has 0 aliphatic heterocycles. The van der Waals surface area contributed by atoms with E-state index in [1.165, 1.54) is 11.1 Å². The summed E-state index contributed by atoms with van der Waals surface area (Å²) in [7, 11) is 5.47. The number of carbonyl (C=O) groups is 1. The van der Waals surface area contributed by atoms with Gasteiger partial charge in [-0.1, -0.05) is 50.3 Å². The maximum Gasteiger partial charge on any atom is 0.308 e. The number of rotatable bonds is 12. The molecule has 6 rings (SSSR count). The molecule has 0 spiro atoms. The number of benzene rings is 2. The normalized spacial score (nSPS) is 22.1. The molecule has 0 saturated heterocycles. The number of nitrogens with one attached hydrogen (secondary N) is 1. The lowest BCUT2D eigenvalue weighted by Gasteiger charge is -2.50. The predicted molar refractivity (Wildman–Crippen MR) is 159 cm³/mol. The minimum Gasteiger partial charge on any atom is -0.497 e. The largest absolute Gasteiger partial charge is 0.497 e. The van der Waals surface area contributed by atoms with Gasteiger partial charge in [0.2, 0.25) is 0 Å². The highest BCUT2D eigenvalue weighted by molar-refractivity contribution is 5.83. The fourth-order valence-corrected chi connectivity index (χ4v) is 6.42. The Labute approximate surface area is 237 Å². The summed E-state index contributed by atoms with van der Waals surface area (Å²) in [5.41, 5.74) is 4.06. The number of esters is 1. The van der Waals surface area contributed by atoms with E-state index in [2.05, 4.69) is 53.3 Å². The molecule has 1 saturated carbocycles. The van der Waals surface area contributed by atoms with Crippen molar-refractivity contribution < 1.29 is 19.0 Å². The second-order valence-corrected chi connectivity index (χ2v) is 11.8. The lowest BCUT2D eigenvalue weighted by Crippen LogP contribution is -2.51. The van der Waals surface area contributed by atoms with Crippen LogP contribution in [-0.2, 0) is 16.0 Å². The van der Waals surface area contributed by atoms with E-state index in [0.29, 0.717) is 11.7 Å². The molecule has 7 nitrogen and oxygen atoms in total. The summed E-state index contributed by atoms with van der Waals surface area (Å²) in [4.78, 5) is 23.5. The Bertz CT molecular complexity index is 1350. The van der Waals surface area contributed by atoms with Gasteiger partial charge in [0.25, 0.3) is 0 Å². The van der Waals surface area contributed by atoms with Crippen LogP contribution >= 0.6 is 0 Å². The summed E-state index contributed by atoms with van der Waals surface area (Å²) < 4.78 is 17.3. The molecule has 3 aliphatic rings. The van der Waals surface area contributed by atoms with E-state index in [4.69, 9.17) is 19.2 Å². The quantitative estimate of drug-likeness (QED) is 0.270. The third kappa shape index (κ3) is 5.90. The first-order valence-corrected chi connectivity index (χ1v) is 14.6. The highest BCUT2D eigenvalue weighted by Crippen LogP contribution is 2.53. The first-order valence-electron chi connectivity index (χ1n) is 14.6. The molecule has 3 atom stereocenters. The zero-order chi connectivity index (χ0) is 28.3. The molecule has 2 aromatic carbocycles. The van der Waals surface area contributed by atoms with Crippen molar-refractivity contribution >= 4 is 22.6 Å². The number of hydrogen-bond acceptors (Lipinski definition) is 6. The Hall–Kier alpha value is -3.32. The van der Waals surface area contributed by atoms with Gasteiger partial charge in [-0.3, -0.25) is 4.79 Å². The number of aromatic nitrogens is 2. The molecule has 1 N–H and O–H groups in total. The molecular weight excluding hydrogens is 502 g/mol. The van der Waals surface area contributed by atoms with Crippen LogP contribution in [0, 0.1) is 17.8 Å². The number of aryl methyl sites for hydroxylation is 1. The Kier molecular flexibility index (Phi) is 8.50. The standard InChI is InChI=1S/C33H43N3O4/c1-22(2)32(37)40-33(21-24-13-14-25(33)18-27(24)23-10-7-6-8-11-23)15-17-36(3)16-9-12-30-34-28-19-26(38-4)20-29(39-5)31(28)35-30/h6-8,10-11,18-20,22,24-25H,9,12-17,21H2,1-5H3,(H,34,35)/t24-,25-,33+/m1/s1. The van der Waals surface area contributed by atoms with Crippen molar-refractivity contribution in [3.05, 3.63) is 59.9 Å². The number of hydrogen-bond donors (Lipinski definition) is 1. The van der Waals surface area contributed by atoms with Crippen LogP contribution in [0.2, 0.25) is 0 Å². The molecule has 1 aromatic heterocycles. The lowest BCUT2D eigenvalue weighted by molar-refractivity contribution is -0.176. The molecule has 40 heavy (non-hydrogen) atoms. The molecule has 3 aliphatic carbocycles. The number of H-pyrrole nitrogens is 1. The molecule has 2 bridgehead atoms. The second kappa shape index (κ2) is 12.0. The van der Waals surface area contributed by atoms with E-state index in [1.807, 2.05) is 26.0 Å². The van der Waals surface area contributed by atoms with Gasteiger partial charge >= 0.3 is 5.97 Å². The minimum atomic E-state index is -0.425. The van der Waals surface area contributed by atoms with Crippen molar-refractivity contribution in [1.82, 2.24) is 14.9 Å². The van der Waals surface area contributed by atoms with Gasteiger partial charge in [0.1, 0.15) is 28.4 Å². The molecule has 0 unspecified atom stereocenters. The van der Waals surface area contributed by atoms with Gasteiger partial charge < -0.3 is 24.1 Å². The van der Waals surface area contributed by atoms with Crippen molar-refractivity contribution in [2.75, 3.05) is 34.4 Å². The highest BCUT2D eigenvalue weighted by atomic mass is 16.6. The van der Waals surface area contributed by atoms with Crippen LogP contribution in [0.15, 0.2) is 48.5 Å². The van der Waals surface area contributed by atoms with Gasteiger partial charge in [0, 0.05) is 37.4 Å². The van der Waals surface area contributed by atoms with E-state index in [9.17, 15) is 4.79 Å². The monoisotopic (exact) mass is 545 g/mol. The van der Waals surface area contributed by atoms with Gasteiger partial charge in [-0.25, -0.2) is 4.98 Å². The number of ether oxygens (including phenoxy) is 3. The summed E-state index contributed by atoms with van der Waals surface area (Å²) in [6.45, 7) is 5.68. The number of aromatic amines is 1. The smallest absolute Gasteiger partial charge is 0.308 e. The molecule has 1 heterocycles. The first kappa shape index (κ1) is 28.2. The molecule has 3 aromatic rings. The summed E-state index contributed by atoms with van der Waals surface area (Å²) in [6.07, 6.45) is 8.24. The molecule has 1 fully saturated rings. The maximum absolute atomic E-state index is 12.9. The van der Waals surface area contributed by atoms with E-state index < -0.39 is 5.60 Å². The van der Waals surface area contributed by atoms with E-state index in [0.717, 1.165) is 74.2 Å². The molecule has 214 valence electrons. The zero-order valence-corrected chi connectivity index (χ0v) is 24.5. The number of imidazole rings is 1. The van der Waals surface area contributed by atoms with Crippen LogP contribution in [0.4, 0.5) is 0 Å². The third-order valence-corrected chi connectivity index (χ3v) is 8.70. The van der Waals surface area contributed by atoms with Crippen molar-refractivity contribution in [2.24, 2.45) is 17.8 Å². The van der Waals surface area contributed by atoms with Gasteiger partial charge in [0.05, 0.1) is 25.7 Å². The molecular formula is C33H43N3O4. The maximum atomic E-state index is 12.9. The van der Waals surface area contributed by atoms with Crippen LogP contribution in [0.25, 0.3) is 16.6 Å². The van der Waals surface area contributed by atoms with Crippen LogP contribution in [-0.4, -0.2) is 60.8 Å². The third-order valence-electron chi connectivity index (χ3n) is 8.70. The molecule has 0 radical (unpaired) electrons. The lowest BCUT2D eigenvalue weighted by atomic mass is 9.60. The Morgan fingerprint density at radius 2 is 1.93 bits per heavy atom. The number of methoxy groups -OCH3 is 2. The summed E-state index contributed by atoms with van der Waals surface area (Å²) in [6, 6.07) is 14.5.